The molecular formula is C17H18N2O7S. The first-order valence-electron chi connectivity index (χ1n) is 7.98. The molecule has 2 aromatic rings. The van der Waals surface area contributed by atoms with Crippen molar-refractivity contribution >= 4 is 21.5 Å². The molecule has 0 radical (unpaired) electrons. The highest BCUT2D eigenvalue weighted by atomic mass is 32.2. The number of benzene rings is 1. The molecule has 10 heteroatoms. The van der Waals surface area contributed by atoms with Crippen molar-refractivity contribution in [1.29, 1.82) is 0 Å². The first-order chi connectivity index (χ1) is 12.7. The van der Waals surface area contributed by atoms with Gasteiger partial charge in [0, 0.05) is 5.69 Å². The number of rotatable bonds is 7. The molecule has 0 fully saturated rings. The van der Waals surface area contributed by atoms with Crippen molar-refractivity contribution in [2.75, 3.05) is 6.61 Å². The summed E-state index contributed by atoms with van der Waals surface area (Å²) in [4.78, 5) is 33.9. The number of hydrogen-bond donors (Lipinski definition) is 0. The number of carbonyl (C=O) groups is 1. The fourth-order valence-corrected chi connectivity index (χ4v) is 4.13. The predicted molar refractivity (Wildman–Crippen MR) is 96.1 cm³/mol. The molecule has 0 aliphatic carbocycles. The van der Waals surface area contributed by atoms with Crippen molar-refractivity contribution in [2.24, 2.45) is 0 Å². The molecule has 2 rings (SSSR count). The molecule has 144 valence electrons. The third-order valence-electron chi connectivity index (χ3n) is 3.76. The third-order valence-corrected chi connectivity index (χ3v) is 5.45. The number of nitro groups is 1. The van der Waals surface area contributed by atoms with Gasteiger partial charge in [-0.15, -0.1) is 0 Å². The molecule has 0 atom stereocenters. The second-order valence-electron chi connectivity index (χ2n) is 5.70. The van der Waals surface area contributed by atoms with Gasteiger partial charge in [0.15, 0.2) is 14.7 Å². The fraction of sp³-hybridized carbons (Fsp3) is 0.294. The van der Waals surface area contributed by atoms with E-state index in [1.165, 1.54) is 6.92 Å². The van der Waals surface area contributed by atoms with E-state index in [1.807, 2.05) is 0 Å². The SMILES string of the molecule is CCOC(=O)Cn1c(C)cc(S(=O)(=O)Cc2ccccc2)c([N+](=O)[O-])c1=O. The van der Waals surface area contributed by atoms with Crippen LogP contribution in [0.2, 0.25) is 0 Å². The summed E-state index contributed by atoms with van der Waals surface area (Å²) in [7, 11) is -4.16. The van der Waals surface area contributed by atoms with E-state index < -0.39 is 49.2 Å². The van der Waals surface area contributed by atoms with E-state index in [-0.39, 0.29) is 12.3 Å². The standard InChI is InChI=1S/C17H18N2O7S/c1-3-26-15(20)10-18-12(2)9-14(16(17(18)21)19(22)23)27(24,25)11-13-7-5-4-6-8-13/h4-9H,3,10-11H2,1-2H3. The van der Waals surface area contributed by atoms with Gasteiger partial charge in [0.25, 0.3) is 0 Å². The summed E-state index contributed by atoms with van der Waals surface area (Å²) in [5.74, 6) is -1.24. The molecule has 0 amide bonds. The maximum Gasteiger partial charge on any atom is 0.352 e. The van der Waals surface area contributed by atoms with Crippen LogP contribution in [0, 0.1) is 17.0 Å². The highest BCUT2D eigenvalue weighted by molar-refractivity contribution is 7.90. The Bertz CT molecular complexity index is 1030. The maximum absolute atomic E-state index is 12.7. The minimum absolute atomic E-state index is 0.0816. The molecule has 0 spiro atoms. The van der Waals surface area contributed by atoms with Gasteiger partial charge < -0.3 is 4.74 Å². The highest BCUT2D eigenvalue weighted by Gasteiger charge is 2.32. The van der Waals surface area contributed by atoms with Crippen molar-refractivity contribution in [3.05, 3.63) is 68.1 Å². The van der Waals surface area contributed by atoms with E-state index in [1.54, 1.807) is 37.3 Å². The summed E-state index contributed by atoms with van der Waals surface area (Å²) in [6, 6.07) is 9.16. The molecule has 1 aromatic carbocycles. The summed E-state index contributed by atoms with van der Waals surface area (Å²) in [5, 5.41) is 11.4. The lowest BCUT2D eigenvalue weighted by Gasteiger charge is -2.12. The quantitative estimate of drug-likeness (QED) is 0.397. The zero-order valence-electron chi connectivity index (χ0n) is 14.7. The number of aryl methyl sites for hydroxylation is 1. The van der Waals surface area contributed by atoms with Crippen LogP contribution in [0.25, 0.3) is 0 Å². The van der Waals surface area contributed by atoms with Crippen molar-refractivity contribution in [3.63, 3.8) is 0 Å². The van der Waals surface area contributed by atoms with Crippen LogP contribution in [0.3, 0.4) is 0 Å². The first kappa shape index (κ1) is 20.3. The summed E-state index contributed by atoms with van der Waals surface area (Å²) < 4.78 is 31.0. The molecule has 0 bridgehead atoms. The van der Waals surface area contributed by atoms with Crippen LogP contribution in [0.4, 0.5) is 5.69 Å². The maximum atomic E-state index is 12.7. The number of carbonyl (C=O) groups excluding carboxylic acids is 1. The smallest absolute Gasteiger partial charge is 0.352 e. The van der Waals surface area contributed by atoms with Crippen molar-refractivity contribution < 1.29 is 22.9 Å². The molecule has 1 heterocycles. The molecule has 0 saturated heterocycles. The molecule has 0 N–H and O–H groups in total. The Labute approximate surface area is 155 Å². The van der Waals surface area contributed by atoms with E-state index in [2.05, 4.69) is 0 Å². The Morgan fingerprint density at radius 1 is 1.26 bits per heavy atom. The number of sulfone groups is 1. The largest absolute Gasteiger partial charge is 0.465 e. The number of nitrogens with zero attached hydrogens (tertiary/aromatic N) is 2. The Balaban J connectivity index is 2.59. The molecule has 0 aliphatic heterocycles. The number of ether oxygens (including phenoxy) is 1. The van der Waals surface area contributed by atoms with E-state index in [9.17, 15) is 28.1 Å². The van der Waals surface area contributed by atoms with Crippen molar-refractivity contribution in [3.8, 4) is 0 Å². The second kappa shape index (κ2) is 8.12. The number of pyridine rings is 1. The summed E-state index contributed by atoms with van der Waals surface area (Å²) >= 11 is 0. The summed E-state index contributed by atoms with van der Waals surface area (Å²) in [5.41, 5.74) is -1.72. The monoisotopic (exact) mass is 394 g/mol. The first-order valence-corrected chi connectivity index (χ1v) is 9.63. The van der Waals surface area contributed by atoms with E-state index in [0.717, 1.165) is 10.6 Å². The molecule has 27 heavy (non-hydrogen) atoms. The number of aromatic nitrogens is 1. The van der Waals surface area contributed by atoms with Crippen molar-refractivity contribution in [2.45, 2.75) is 31.0 Å². The van der Waals surface area contributed by atoms with Gasteiger partial charge in [-0.05, 0) is 25.5 Å². The Kier molecular flexibility index (Phi) is 6.11. The zero-order valence-corrected chi connectivity index (χ0v) is 15.6. The van der Waals surface area contributed by atoms with Crippen LogP contribution in [-0.2, 0) is 31.7 Å². The van der Waals surface area contributed by atoms with Crippen LogP contribution in [0.5, 0.6) is 0 Å². The number of esters is 1. The predicted octanol–water partition coefficient (Wildman–Crippen LogP) is 1.60. The van der Waals surface area contributed by atoms with Gasteiger partial charge in [0.2, 0.25) is 0 Å². The lowest BCUT2D eigenvalue weighted by molar-refractivity contribution is -0.389. The Hall–Kier alpha value is -3.01. The molecule has 0 saturated carbocycles. The minimum Gasteiger partial charge on any atom is -0.465 e. The highest BCUT2D eigenvalue weighted by Crippen LogP contribution is 2.25. The third kappa shape index (κ3) is 4.59. The van der Waals surface area contributed by atoms with Crippen LogP contribution in [0.15, 0.2) is 46.1 Å². The lowest BCUT2D eigenvalue weighted by atomic mass is 10.2. The van der Waals surface area contributed by atoms with Crippen LogP contribution in [0.1, 0.15) is 18.2 Å². The van der Waals surface area contributed by atoms with Gasteiger partial charge in [0.1, 0.15) is 6.54 Å². The van der Waals surface area contributed by atoms with Gasteiger partial charge in [0.05, 0.1) is 17.3 Å². The Morgan fingerprint density at radius 3 is 2.44 bits per heavy atom. The average molecular weight is 394 g/mol. The van der Waals surface area contributed by atoms with Gasteiger partial charge in [-0.3, -0.25) is 24.3 Å². The Morgan fingerprint density at radius 2 is 1.89 bits per heavy atom. The zero-order chi connectivity index (χ0) is 20.2. The van der Waals surface area contributed by atoms with E-state index in [0.29, 0.717) is 5.56 Å². The molecule has 0 unspecified atom stereocenters. The minimum atomic E-state index is -4.16. The van der Waals surface area contributed by atoms with Gasteiger partial charge in [-0.2, -0.15) is 0 Å². The molecule has 1 aromatic heterocycles. The second-order valence-corrected chi connectivity index (χ2v) is 7.65. The van der Waals surface area contributed by atoms with Crippen LogP contribution < -0.4 is 5.56 Å². The normalized spacial score (nSPS) is 11.2. The summed E-state index contributed by atoms with van der Waals surface area (Å²) in [6.45, 7) is 2.51. The molecular weight excluding hydrogens is 376 g/mol. The van der Waals surface area contributed by atoms with Gasteiger partial charge in [-0.1, -0.05) is 30.3 Å². The molecule has 0 aliphatic rings. The molecule has 9 nitrogen and oxygen atoms in total. The lowest BCUT2D eigenvalue weighted by Crippen LogP contribution is -2.30. The average Bonchev–Trinajstić information content (AvgIpc) is 2.58. The van der Waals surface area contributed by atoms with E-state index in [4.69, 9.17) is 4.74 Å². The number of hydrogen-bond acceptors (Lipinski definition) is 7. The van der Waals surface area contributed by atoms with Crippen LogP contribution >= 0.6 is 0 Å². The summed E-state index contributed by atoms with van der Waals surface area (Å²) in [6.07, 6.45) is 0. The van der Waals surface area contributed by atoms with Crippen molar-refractivity contribution in [1.82, 2.24) is 4.57 Å². The van der Waals surface area contributed by atoms with Gasteiger partial charge in [-0.25, -0.2) is 8.42 Å². The van der Waals surface area contributed by atoms with E-state index >= 15 is 0 Å². The fourth-order valence-electron chi connectivity index (χ4n) is 2.54. The van der Waals surface area contributed by atoms with Gasteiger partial charge >= 0.3 is 17.2 Å². The topological polar surface area (TPSA) is 126 Å². The van der Waals surface area contributed by atoms with Crippen LogP contribution in [-0.4, -0.2) is 30.5 Å².